The summed E-state index contributed by atoms with van der Waals surface area (Å²) in [5.74, 6) is 0. The fraction of sp³-hybridized carbons (Fsp3) is 0.143. The molecule has 4 N–H and O–H groups in total. The van der Waals surface area contributed by atoms with Crippen molar-refractivity contribution in [3.05, 3.63) is 59.2 Å². The maximum atomic E-state index is 5.93. The van der Waals surface area contributed by atoms with E-state index < -0.39 is 0 Å². The van der Waals surface area contributed by atoms with Crippen LogP contribution in [0.15, 0.2) is 42.5 Å². The third-order valence-electron chi connectivity index (χ3n) is 2.92. The number of benzene rings is 2. The third kappa shape index (κ3) is 2.01. The predicted molar refractivity (Wildman–Crippen MR) is 69.3 cm³/mol. The smallest absolute Gasteiger partial charge is 0.0349 e. The quantitative estimate of drug-likeness (QED) is 0.752. The molecule has 0 saturated heterocycles. The zero-order valence-electron chi connectivity index (χ0n) is 9.40. The number of hydrogen-bond acceptors (Lipinski definition) is 2. The Morgan fingerprint density at radius 2 is 1.44 bits per heavy atom. The molecule has 2 nitrogen and oxygen atoms in total. The molecule has 16 heavy (non-hydrogen) atoms. The van der Waals surface area contributed by atoms with Crippen molar-refractivity contribution < 1.29 is 0 Å². The highest BCUT2D eigenvalue weighted by Gasteiger charge is 2.04. The minimum Gasteiger partial charge on any atom is -0.399 e. The Kier molecular flexibility index (Phi) is 2.82. The first-order chi connectivity index (χ1) is 7.68. The van der Waals surface area contributed by atoms with E-state index in [2.05, 4.69) is 12.1 Å². The Balaban J connectivity index is 2.35. The Morgan fingerprint density at radius 3 is 2.19 bits per heavy atom. The van der Waals surface area contributed by atoms with Gasteiger partial charge in [0.05, 0.1) is 0 Å². The molecule has 0 fully saturated rings. The van der Waals surface area contributed by atoms with Crippen molar-refractivity contribution in [2.24, 2.45) is 0 Å². The van der Waals surface area contributed by atoms with Gasteiger partial charge in [-0.15, -0.1) is 0 Å². The zero-order chi connectivity index (χ0) is 11.5. The van der Waals surface area contributed by atoms with Crippen LogP contribution in [0.3, 0.4) is 0 Å². The van der Waals surface area contributed by atoms with E-state index in [9.17, 15) is 0 Å². The molecule has 0 bridgehead atoms. The summed E-state index contributed by atoms with van der Waals surface area (Å²) in [4.78, 5) is 0. The fourth-order valence-electron chi connectivity index (χ4n) is 1.80. The first-order valence-electron chi connectivity index (χ1n) is 5.36. The molecule has 0 aliphatic rings. The molecular weight excluding hydrogens is 196 g/mol. The topological polar surface area (TPSA) is 52.0 Å². The third-order valence-corrected chi connectivity index (χ3v) is 2.92. The van der Waals surface area contributed by atoms with Crippen LogP contribution < -0.4 is 11.5 Å². The van der Waals surface area contributed by atoms with E-state index in [1.807, 2.05) is 37.3 Å². The Bertz CT molecular complexity index is 504. The summed E-state index contributed by atoms with van der Waals surface area (Å²) in [6.45, 7) is 2.05. The van der Waals surface area contributed by atoms with Crippen LogP contribution in [-0.2, 0) is 6.42 Å². The van der Waals surface area contributed by atoms with E-state index in [1.165, 1.54) is 5.56 Å². The lowest BCUT2D eigenvalue weighted by Gasteiger charge is -2.10. The van der Waals surface area contributed by atoms with Crippen molar-refractivity contribution in [3.63, 3.8) is 0 Å². The molecule has 0 saturated carbocycles. The monoisotopic (exact) mass is 212 g/mol. The fourth-order valence-corrected chi connectivity index (χ4v) is 1.80. The van der Waals surface area contributed by atoms with E-state index >= 15 is 0 Å². The van der Waals surface area contributed by atoms with Gasteiger partial charge < -0.3 is 11.5 Å². The van der Waals surface area contributed by atoms with Gasteiger partial charge in [-0.25, -0.2) is 0 Å². The summed E-state index contributed by atoms with van der Waals surface area (Å²) in [5.41, 5.74) is 17.0. The molecule has 2 heteroatoms. The molecule has 0 heterocycles. The molecule has 0 spiro atoms. The van der Waals surface area contributed by atoms with Gasteiger partial charge in [0.2, 0.25) is 0 Å². The molecule has 0 atom stereocenters. The second kappa shape index (κ2) is 4.27. The van der Waals surface area contributed by atoms with E-state index in [0.717, 1.165) is 28.9 Å². The minimum atomic E-state index is 0.837. The van der Waals surface area contributed by atoms with E-state index in [0.29, 0.717) is 0 Å². The average Bonchev–Trinajstić information content (AvgIpc) is 2.28. The Hall–Kier alpha value is -1.96. The highest BCUT2D eigenvalue weighted by atomic mass is 14.6. The average molecular weight is 212 g/mol. The summed E-state index contributed by atoms with van der Waals surface area (Å²) >= 11 is 0. The van der Waals surface area contributed by atoms with Gasteiger partial charge in [0, 0.05) is 11.4 Å². The lowest BCUT2D eigenvalue weighted by molar-refractivity contribution is 1.16. The van der Waals surface area contributed by atoms with Crippen molar-refractivity contribution in [3.8, 4) is 0 Å². The first-order valence-corrected chi connectivity index (χ1v) is 5.36. The summed E-state index contributed by atoms with van der Waals surface area (Å²) in [6, 6.07) is 13.9. The predicted octanol–water partition coefficient (Wildman–Crippen LogP) is 2.75. The van der Waals surface area contributed by atoms with E-state index in [4.69, 9.17) is 11.5 Å². The van der Waals surface area contributed by atoms with Crippen molar-refractivity contribution in [1.29, 1.82) is 0 Å². The summed E-state index contributed by atoms with van der Waals surface area (Å²) in [5, 5.41) is 0. The van der Waals surface area contributed by atoms with Crippen molar-refractivity contribution in [1.82, 2.24) is 0 Å². The van der Waals surface area contributed by atoms with Gasteiger partial charge in [-0.2, -0.15) is 0 Å². The summed E-state index contributed by atoms with van der Waals surface area (Å²) < 4.78 is 0. The second-order valence-corrected chi connectivity index (χ2v) is 4.01. The molecule has 2 rings (SSSR count). The lowest BCUT2D eigenvalue weighted by Crippen LogP contribution is -1.99. The lowest BCUT2D eigenvalue weighted by atomic mass is 9.98. The van der Waals surface area contributed by atoms with Crippen LogP contribution in [0.25, 0.3) is 0 Å². The number of nitrogen functional groups attached to an aromatic ring is 2. The maximum absolute atomic E-state index is 5.93. The zero-order valence-corrected chi connectivity index (χ0v) is 9.40. The number of para-hydroxylation sites is 1. The highest BCUT2D eigenvalue weighted by Crippen LogP contribution is 2.21. The number of rotatable bonds is 2. The van der Waals surface area contributed by atoms with Crippen LogP contribution in [0.1, 0.15) is 16.7 Å². The van der Waals surface area contributed by atoms with Gasteiger partial charge in [-0.1, -0.05) is 30.3 Å². The van der Waals surface area contributed by atoms with Gasteiger partial charge in [0.15, 0.2) is 0 Å². The molecule has 2 aromatic carbocycles. The van der Waals surface area contributed by atoms with Crippen molar-refractivity contribution in [2.75, 3.05) is 11.5 Å². The van der Waals surface area contributed by atoms with Crippen molar-refractivity contribution >= 4 is 11.4 Å². The first kappa shape index (κ1) is 10.6. The molecule has 0 aromatic heterocycles. The molecule has 0 unspecified atom stereocenters. The normalized spacial score (nSPS) is 10.3. The molecule has 82 valence electrons. The van der Waals surface area contributed by atoms with Crippen LogP contribution >= 0.6 is 0 Å². The van der Waals surface area contributed by atoms with Crippen LogP contribution in [0.4, 0.5) is 11.4 Å². The van der Waals surface area contributed by atoms with Crippen molar-refractivity contribution in [2.45, 2.75) is 13.3 Å². The summed E-state index contributed by atoms with van der Waals surface area (Å²) in [7, 11) is 0. The molecular formula is C14H16N2. The van der Waals surface area contributed by atoms with Gasteiger partial charge in [0.25, 0.3) is 0 Å². The molecule has 0 amide bonds. The van der Waals surface area contributed by atoms with Gasteiger partial charge in [0.1, 0.15) is 0 Å². The second-order valence-electron chi connectivity index (χ2n) is 4.01. The minimum absolute atomic E-state index is 0.837. The van der Waals surface area contributed by atoms with E-state index in [1.54, 1.807) is 0 Å². The van der Waals surface area contributed by atoms with Gasteiger partial charge in [-0.05, 0) is 42.2 Å². The van der Waals surface area contributed by atoms with Crippen LogP contribution in [0, 0.1) is 6.92 Å². The maximum Gasteiger partial charge on any atom is 0.0349 e. The standard InChI is InChI=1S/C14H16N2/c1-10-11(6-4-8-13(10)15)9-12-5-2-3-7-14(12)16/h2-8H,9,15-16H2,1H3. The number of nitrogens with two attached hydrogens (primary N) is 2. The van der Waals surface area contributed by atoms with Gasteiger partial charge >= 0.3 is 0 Å². The number of anilines is 2. The van der Waals surface area contributed by atoms with Crippen LogP contribution in [0.5, 0.6) is 0 Å². The van der Waals surface area contributed by atoms with Gasteiger partial charge in [-0.3, -0.25) is 0 Å². The molecule has 0 aliphatic heterocycles. The largest absolute Gasteiger partial charge is 0.399 e. The SMILES string of the molecule is Cc1c(N)cccc1Cc1ccccc1N. The van der Waals surface area contributed by atoms with Crippen LogP contribution in [0.2, 0.25) is 0 Å². The van der Waals surface area contributed by atoms with E-state index in [-0.39, 0.29) is 0 Å². The molecule has 0 radical (unpaired) electrons. The Labute approximate surface area is 95.9 Å². The molecule has 2 aromatic rings. The Morgan fingerprint density at radius 1 is 0.812 bits per heavy atom. The molecule has 0 aliphatic carbocycles. The van der Waals surface area contributed by atoms with Crippen LogP contribution in [-0.4, -0.2) is 0 Å². The summed E-state index contributed by atoms with van der Waals surface area (Å²) in [6.07, 6.45) is 0.837. The highest BCUT2D eigenvalue weighted by molar-refractivity contribution is 5.54. The number of hydrogen-bond donors (Lipinski definition) is 2.